The molecule has 2 aromatic rings. The lowest BCUT2D eigenvalue weighted by Gasteiger charge is -2.29. The summed E-state index contributed by atoms with van der Waals surface area (Å²) >= 11 is 2.79. The van der Waals surface area contributed by atoms with Crippen molar-refractivity contribution < 1.29 is 18.0 Å². The standard InChI is InChI=1S/C23H29N3O4S3/c1-3-4-6-16-9-11-19(12-10-16)33(29,30)20-14-24-23(26-22(20)28)32-15-21(27)25-17-7-5-8-18(13-17)31-2/h5,7-13,20,23-24H,3-4,6,14-15H2,1-2H3,(H,25,27)(H,26,28). The van der Waals surface area contributed by atoms with Crippen LogP contribution in [-0.2, 0) is 25.8 Å². The van der Waals surface area contributed by atoms with Crippen molar-refractivity contribution in [1.29, 1.82) is 0 Å². The molecular weight excluding hydrogens is 478 g/mol. The van der Waals surface area contributed by atoms with Crippen molar-refractivity contribution in [1.82, 2.24) is 10.6 Å². The number of benzene rings is 2. The Bertz CT molecular complexity index is 1070. The van der Waals surface area contributed by atoms with E-state index in [4.69, 9.17) is 0 Å². The highest BCUT2D eigenvalue weighted by Gasteiger charge is 2.38. The molecule has 0 aromatic heterocycles. The number of unbranched alkanes of at least 4 members (excludes halogenated alkanes) is 1. The highest BCUT2D eigenvalue weighted by Crippen LogP contribution is 2.22. The summed E-state index contributed by atoms with van der Waals surface area (Å²) in [6.07, 6.45) is 4.98. The van der Waals surface area contributed by atoms with E-state index in [-0.39, 0.29) is 23.1 Å². The highest BCUT2D eigenvalue weighted by molar-refractivity contribution is 8.00. The number of carbonyl (C=O) groups is 2. The Morgan fingerprint density at radius 1 is 1.18 bits per heavy atom. The van der Waals surface area contributed by atoms with Gasteiger partial charge in [-0.1, -0.05) is 31.5 Å². The van der Waals surface area contributed by atoms with E-state index in [9.17, 15) is 18.0 Å². The van der Waals surface area contributed by atoms with Crippen LogP contribution >= 0.6 is 23.5 Å². The molecule has 2 atom stereocenters. The zero-order valence-corrected chi connectivity index (χ0v) is 21.1. The summed E-state index contributed by atoms with van der Waals surface area (Å²) in [5.41, 5.74) is 1.25. The average molecular weight is 508 g/mol. The number of thioether (sulfide) groups is 2. The predicted molar refractivity (Wildman–Crippen MR) is 135 cm³/mol. The maximum Gasteiger partial charge on any atom is 0.241 e. The van der Waals surface area contributed by atoms with Crippen LogP contribution in [0, 0.1) is 0 Å². The minimum absolute atomic E-state index is 0.0131. The number of hydrogen-bond donors (Lipinski definition) is 3. The SMILES string of the molecule is CCCCc1ccc(S(=O)(=O)C2CNC(SCC(=O)Nc3cccc(SC)c3)NC2=O)cc1. The summed E-state index contributed by atoms with van der Waals surface area (Å²) in [5, 5.41) is 7.31. The van der Waals surface area contributed by atoms with Crippen LogP contribution in [-0.4, -0.2) is 49.5 Å². The van der Waals surface area contributed by atoms with Gasteiger partial charge in [0.1, 0.15) is 5.50 Å². The van der Waals surface area contributed by atoms with Gasteiger partial charge in [0.2, 0.25) is 11.8 Å². The Balaban J connectivity index is 1.52. The third-order valence-corrected chi connectivity index (χ3v) is 9.07. The second kappa shape index (κ2) is 11.9. The van der Waals surface area contributed by atoms with Crippen LogP contribution in [0.4, 0.5) is 5.69 Å². The van der Waals surface area contributed by atoms with Gasteiger partial charge in [0.15, 0.2) is 15.1 Å². The molecule has 1 aliphatic heterocycles. The third kappa shape index (κ3) is 6.99. The molecular formula is C23H29N3O4S3. The summed E-state index contributed by atoms with van der Waals surface area (Å²) in [5.74, 6) is -0.653. The Kier molecular flexibility index (Phi) is 9.25. The molecule has 1 fully saturated rings. The van der Waals surface area contributed by atoms with E-state index >= 15 is 0 Å². The number of amides is 2. The Morgan fingerprint density at radius 3 is 2.61 bits per heavy atom. The molecule has 178 valence electrons. The first-order valence-electron chi connectivity index (χ1n) is 10.8. The van der Waals surface area contributed by atoms with E-state index < -0.39 is 26.5 Å². The molecule has 2 amide bonds. The van der Waals surface area contributed by atoms with Crippen LogP contribution in [0.1, 0.15) is 25.3 Å². The Morgan fingerprint density at radius 2 is 1.94 bits per heavy atom. The van der Waals surface area contributed by atoms with Crippen molar-refractivity contribution in [3.8, 4) is 0 Å². The van der Waals surface area contributed by atoms with Crippen molar-refractivity contribution in [2.45, 2.75) is 46.7 Å². The van der Waals surface area contributed by atoms with Gasteiger partial charge in [-0.25, -0.2) is 8.42 Å². The largest absolute Gasteiger partial charge is 0.331 e. The van der Waals surface area contributed by atoms with Gasteiger partial charge in [-0.05, 0) is 55.0 Å². The molecule has 2 unspecified atom stereocenters. The number of rotatable bonds is 10. The van der Waals surface area contributed by atoms with Gasteiger partial charge < -0.3 is 10.6 Å². The summed E-state index contributed by atoms with van der Waals surface area (Å²) < 4.78 is 26.0. The minimum atomic E-state index is -3.82. The molecule has 0 aliphatic carbocycles. The van der Waals surface area contributed by atoms with Crippen LogP contribution < -0.4 is 16.0 Å². The number of aryl methyl sites for hydroxylation is 1. The highest BCUT2D eigenvalue weighted by atomic mass is 32.2. The summed E-state index contributed by atoms with van der Waals surface area (Å²) in [4.78, 5) is 26.0. The first-order valence-corrected chi connectivity index (χ1v) is 14.6. The van der Waals surface area contributed by atoms with Crippen molar-refractivity contribution in [3.05, 3.63) is 54.1 Å². The van der Waals surface area contributed by atoms with E-state index in [0.29, 0.717) is 5.69 Å². The van der Waals surface area contributed by atoms with E-state index in [1.165, 1.54) is 11.8 Å². The molecule has 1 saturated heterocycles. The zero-order valence-electron chi connectivity index (χ0n) is 18.7. The Labute approximate surface area is 203 Å². The smallest absolute Gasteiger partial charge is 0.241 e. The fraction of sp³-hybridized carbons (Fsp3) is 0.391. The average Bonchev–Trinajstić information content (AvgIpc) is 2.81. The lowest BCUT2D eigenvalue weighted by atomic mass is 10.1. The first kappa shape index (κ1) is 25.6. The van der Waals surface area contributed by atoms with Crippen molar-refractivity contribution >= 4 is 50.9 Å². The molecule has 2 aromatic carbocycles. The Hall–Kier alpha value is -2.01. The van der Waals surface area contributed by atoms with Crippen molar-refractivity contribution in [3.63, 3.8) is 0 Å². The van der Waals surface area contributed by atoms with Gasteiger partial charge >= 0.3 is 0 Å². The first-order chi connectivity index (χ1) is 15.8. The van der Waals surface area contributed by atoms with Crippen LogP contribution in [0.25, 0.3) is 0 Å². The maximum absolute atomic E-state index is 13.0. The molecule has 1 aliphatic rings. The van der Waals surface area contributed by atoms with E-state index in [1.807, 2.05) is 42.7 Å². The minimum Gasteiger partial charge on any atom is -0.331 e. The predicted octanol–water partition coefficient (Wildman–Crippen LogP) is 3.27. The molecule has 0 radical (unpaired) electrons. The fourth-order valence-electron chi connectivity index (χ4n) is 3.38. The maximum atomic E-state index is 13.0. The molecule has 3 N–H and O–H groups in total. The van der Waals surface area contributed by atoms with Crippen LogP contribution in [0.15, 0.2) is 58.3 Å². The number of anilines is 1. The molecule has 1 heterocycles. The molecule has 3 rings (SSSR count). The second-order valence-corrected chi connectivity index (χ2v) is 11.8. The number of hydrogen-bond acceptors (Lipinski definition) is 7. The zero-order chi connectivity index (χ0) is 23.8. The van der Waals surface area contributed by atoms with Crippen LogP contribution in [0.3, 0.4) is 0 Å². The van der Waals surface area contributed by atoms with Crippen LogP contribution in [0.2, 0.25) is 0 Å². The molecule has 10 heteroatoms. The summed E-state index contributed by atoms with van der Waals surface area (Å²) in [6.45, 7) is 2.09. The molecule has 0 saturated carbocycles. The molecule has 0 bridgehead atoms. The van der Waals surface area contributed by atoms with Crippen molar-refractivity contribution in [2.75, 3.05) is 23.9 Å². The van der Waals surface area contributed by atoms with Gasteiger partial charge in [0.05, 0.1) is 10.6 Å². The number of nitrogens with one attached hydrogen (secondary N) is 3. The topological polar surface area (TPSA) is 104 Å². The number of sulfone groups is 1. The number of carbonyl (C=O) groups excluding carboxylic acids is 2. The summed E-state index contributed by atoms with van der Waals surface area (Å²) in [6, 6.07) is 14.3. The fourth-order valence-corrected chi connectivity index (χ4v) is 6.15. The van der Waals surface area contributed by atoms with E-state index in [2.05, 4.69) is 22.9 Å². The quantitative estimate of drug-likeness (QED) is 0.424. The van der Waals surface area contributed by atoms with Gasteiger partial charge in [0.25, 0.3) is 0 Å². The van der Waals surface area contributed by atoms with Crippen LogP contribution in [0.5, 0.6) is 0 Å². The van der Waals surface area contributed by atoms with Gasteiger partial charge in [-0.3, -0.25) is 14.9 Å². The third-order valence-electron chi connectivity index (χ3n) is 5.23. The second-order valence-electron chi connectivity index (χ2n) is 7.67. The molecule has 0 spiro atoms. The van der Waals surface area contributed by atoms with Gasteiger partial charge in [-0.15, -0.1) is 23.5 Å². The van der Waals surface area contributed by atoms with Gasteiger partial charge in [0, 0.05) is 17.1 Å². The lowest BCUT2D eigenvalue weighted by molar-refractivity contribution is -0.122. The van der Waals surface area contributed by atoms with Gasteiger partial charge in [-0.2, -0.15) is 0 Å². The monoisotopic (exact) mass is 507 g/mol. The normalized spacial score (nSPS) is 18.5. The van der Waals surface area contributed by atoms with E-state index in [0.717, 1.165) is 29.7 Å². The molecule has 33 heavy (non-hydrogen) atoms. The molecule has 7 nitrogen and oxygen atoms in total. The summed E-state index contributed by atoms with van der Waals surface area (Å²) in [7, 11) is -3.82. The van der Waals surface area contributed by atoms with Crippen molar-refractivity contribution in [2.24, 2.45) is 0 Å². The van der Waals surface area contributed by atoms with E-state index in [1.54, 1.807) is 23.9 Å². The lowest BCUT2D eigenvalue weighted by Crippen LogP contribution is -2.59.